The second-order valence-corrected chi connectivity index (χ2v) is 9.55. The maximum atomic E-state index is 12.0. The number of unbranched alkanes of at least 4 members (excludes halogenated alkanes) is 11. The number of allylic oxidation sites excluding steroid dienone is 2. The van der Waals surface area contributed by atoms with Gasteiger partial charge in [0.2, 0.25) is 0 Å². The quantitative estimate of drug-likeness (QED) is 0.114. The van der Waals surface area contributed by atoms with Crippen LogP contribution in [0.4, 0.5) is 0 Å². The molecule has 182 valence electrons. The van der Waals surface area contributed by atoms with Crippen LogP contribution in [0.25, 0.3) is 0 Å². The van der Waals surface area contributed by atoms with Gasteiger partial charge in [-0.2, -0.15) is 0 Å². The van der Waals surface area contributed by atoms with E-state index >= 15 is 0 Å². The summed E-state index contributed by atoms with van der Waals surface area (Å²) < 4.78 is 26.3. The largest absolute Gasteiger partial charge is 0.469 e. The molecule has 1 saturated heterocycles. The fourth-order valence-corrected chi connectivity index (χ4v) is 4.26. The third kappa shape index (κ3) is 16.6. The zero-order chi connectivity index (χ0) is 22.8. The summed E-state index contributed by atoms with van der Waals surface area (Å²) in [6.07, 6.45) is 19.1. The van der Waals surface area contributed by atoms with Crippen LogP contribution in [0.2, 0.25) is 0 Å². The minimum atomic E-state index is -4.62. The number of carbonyl (C=O) groups is 1. The summed E-state index contributed by atoms with van der Waals surface area (Å²) in [5.74, 6) is -0.368. The zero-order valence-electron chi connectivity index (χ0n) is 19.2. The summed E-state index contributed by atoms with van der Waals surface area (Å²) >= 11 is 0. The monoisotopic (exact) mass is 462 g/mol. The Morgan fingerprint density at radius 3 is 2.13 bits per heavy atom. The minimum Gasteiger partial charge on any atom is -0.457 e. The minimum absolute atomic E-state index is 0.1000. The average molecular weight is 463 g/mol. The van der Waals surface area contributed by atoms with Gasteiger partial charge in [0.15, 0.2) is 6.10 Å². The van der Waals surface area contributed by atoms with Gasteiger partial charge in [-0.1, -0.05) is 70.4 Å². The molecule has 0 aliphatic carbocycles. The van der Waals surface area contributed by atoms with Crippen LogP contribution in [0.3, 0.4) is 0 Å². The molecule has 0 spiro atoms. The number of ether oxygens (including phenoxy) is 2. The van der Waals surface area contributed by atoms with Crippen molar-refractivity contribution in [2.75, 3.05) is 13.2 Å². The van der Waals surface area contributed by atoms with Gasteiger partial charge in [0.05, 0.1) is 6.61 Å². The molecule has 0 radical (unpaired) electrons. The summed E-state index contributed by atoms with van der Waals surface area (Å²) in [4.78, 5) is 30.0. The van der Waals surface area contributed by atoms with Crippen molar-refractivity contribution in [2.45, 2.75) is 115 Å². The highest BCUT2D eigenvalue weighted by Gasteiger charge is 2.34. The third-order valence-corrected chi connectivity index (χ3v) is 5.99. The number of hydrogen-bond acceptors (Lipinski definition) is 5. The number of phosphoric ester groups is 1. The van der Waals surface area contributed by atoms with Crippen LogP contribution >= 0.6 is 7.82 Å². The second-order valence-electron chi connectivity index (χ2n) is 8.36. The van der Waals surface area contributed by atoms with E-state index in [1.165, 1.54) is 51.4 Å². The fourth-order valence-electron chi connectivity index (χ4n) is 3.67. The van der Waals surface area contributed by atoms with Crippen molar-refractivity contribution in [3.8, 4) is 0 Å². The van der Waals surface area contributed by atoms with Crippen molar-refractivity contribution in [1.29, 1.82) is 0 Å². The topological polar surface area (TPSA) is 102 Å². The molecule has 31 heavy (non-hydrogen) atoms. The number of hydrogen-bond donors (Lipinski definition) is 2. The van der Waals surface area contributed by atoms with E-state index in [-0.39, 0.29) is 19.0 Å². The van der Waals surface area contributed by atoms with Crippen LogP contribution in [-0.2, 0) is 23.4 Å². The smallest absolute Gasteiger partial charge is 0.457 e. The van der Waals surface area contributed by atoms with Gasteiger partial charge in [0, 0.05) is 19.4 Å². The van der Waals surface area contributed by atoms with Crippen LogP contribution < -0.4 is 0 Å². The van der Waals surface area contributed by atoms with Crippen molar-refractivity contribution < 1.29 is 33.1 Å². The summed E-state index contributed by atoms with van der Waals surface area (Å²) in [5.41, 5.74) is 0. The highest BCUT2D eigenvalue weighted by molar-refractivity contribution is 7.46. The third-order valence-electron chi connectivity index (χ3n) is 5.44. The lowest BCUT2D eigenvalue weighted by Gasteiger charge is -2.30. The molecule has 2 N–H and O–H groups in total. The number of carbonyl (C=O) groups excluding carboxylic acids is 1. The van der Waals surface area contributed by atoms with Gasteiger partial charge in [0.1, 0.15) is 6.10 Å². The Morgan fingerprint density at radius 1 is 0.935 bits per heavy atom. The molecule has 1 aliphatic heterocycles. The van der Waals surface area contributed by atoms with E-state index in [1.54, 1.807) is 0 Å². The van der Waals surface area contributed by atoms with Crippen LogP contribution in [0.15, 0.2) is 12.2 Å². The van der Waals surface area contributed by atoms with Gasteiger partial charge >= 0.3 is 13.8 Å². The number of esters is 1. The van der Waals surface area contributed by atoms with E-state index in [1.807, 2.05) is 0 Å². The van der Waals surface area contributed by atoms with E-state index in [0.717, 1.165) is 32.1 Å². The van der Waals surface area contributed by atoms with E-state index < -0.39 is 20.0 Å². The fraction of sp³-hybridized carbons (Fsp3) is 0.870. The molecule has 0 saturated carbocycles. The standard InChI is InChI=1S/C23H43O7P/c1-2-3-4-5-6-7-8-9-10-11-12-13-14-15-16-17-23(24)29-22-20-28-19-18-21(22)30-31(25,26)27/h9-10,21-22H,2-8,11-20H2,1H3,(H2,25,26,27)/b10-9+/t21-,22+/m0/s1. The van der Waals surface area contributed by atoms with Gasteiger partial charge in [-0.25, -0.2) is 4.57 Å². The molecule has 0 aromatic carbocycles. The van der Waals surface area contributed by atoms with Crippen molar-refractivity contribution in [1.82, 2.24) is 0 Å². The van der Waals surface area contributed by atoms with Gasteiger partial charge in [0.25, 0.3) is 0 Å². The van der Waals surface area contributed by atoms with Crippen LogP contribution in [0, 0.1) is 0 Å². The molecule has 1 heterocycles. The van der Waals surface area contributed by atoms with Crippen molar-refractivity contribution in [3.05, 3.63) is 12.2 Å². The molecule has 8 heteroatoms. The molecular weight excluding hydrogens is 419 g/mol. The molecule has 2 atom stereocenters. The van der Waals surface area contributed by atoms with Gasteiger partial charge in [-0.3, -0.25) is 9.32 Å². The molecule has 0 amide bonds. The maximum absolute atomic E-state index is 12.0. The Hall–Kier alpha value is -0.720. The van der Waals surface area contributed by atoms with Gasteiger partial charge in [-0.05, 0) is 32.1 Å². The normalized spacial score (nSPS) is 19.7. The van der Waals surface area contributed by atoms with Crippen molar-refractivity contribution >= 4 is 13.8 Å². The molecule has 0 unspecified atom stereocenters. The lowest BCUT2D eigenvalue weighted by Crippen LogP contribution is -2.41. The van der Waals surface area contributed by atoms with E-state index in [2.05, 4.69) is 19.1 Å². The maximum Gasteiger partial charge on any atom is 0.469 e. The second kappa shape index (κ2) is 17.8. The molecule has 1 fully saturated rings. The Labute approximate surface area is 188 Å². The molecular formula is C23H43O7P. The summed E-state index contributed by atoms with van der Waals surface area (Å²) in [6.45, 7) is 2.67. The zero-order valence-corrected chi connectivity index (χ0v) is 20.1. The summed E-state index contributed by atoms with van der Waals surface area (Å²) in [5, 5.41) is 0. The lowest BCUT2D eigenvalue weighted by molar-refractivity contribution is -0.166. The molecule has 0 aromatic rings. The van der Waals surface area contributed by atoms with E-state index in [0.29, 0.717) is 13.0 Å². The number of rotatable bonds is 18. The summed E-state index contributed by atoms with van der Waals surface area (Å²) in [7, 11) is -4.62. The van der Waals surface area contributed by atoms with E-state index in [4.69, 9.17) is 23.8 Å². The Balaban J connectivity index is 1.98. The number of phosphoric acid groups is 1. The molecule has 1 rings (SSSR count). The first-order valence-electron chi connectivity index (χ1n) is 12.1. The highest BCUT2D eigenvalue weighted by Crippen LogP contribution is 2.40. The van der Waals surface area contributed by atoms with Crippen LogP contribution in [0.1, 0.15) is 103 Å². The molecule has 0 bridgehead atoms. The van der Waals surface area contributed by atoms with E-state index in [9.17, 15) is 9.36 Å². The Bertz CT molecular complexity index is 532. The Morgan fingerprint density at radius 2 is 1.52 bits per heavy atom. The molecule has 7 nitrogen and oxygen atoms in total. The highest BCUT2D eigenvalue weighted by atomic mass is 31.2. The first-order valence-corrected chi connectivity index (χ1v) is 13.6. The SMILES string of the molecule is CCCCCCCC/C=C/CCCCCCCC(=O)O[C@@H]1COCC[C@@H]1OP(=O)(O)O. The first-order chi connectivity index (χ1) is 14.9. The van der Waals surface area contributed by atoms with Gasteiger partial charge < -0.3 is 19.3 Å². The predicted octanol–water partition coefficient (Wildman–Crippen LogP) is 5.83. The van der Waals surface area contributed by atoms with Crippen LogP contribution in [-0.4, -0.2) is 41.2 Å². The van der Waals surface area contributed by atoms with Crippen LogP contribution in [0.5, 0.6) is 0 Å². The summed E-state index contributed by atoms with van der Waals surface area (Å²) in [6, 6.07) is 0. The average Bonchev–Trinajstić information content (AvgIpc) is 2.71. The first kappa shape index (κ1) is 28.3. The van der Waals surface area contributed by atoms with Crippen molar-refractivity contribution in [3.63, 3.8) is 0 Å². The molecule has 1 aliphatic rings. The molecule has 0 aromatic heterocycles. The Kier molecular flexibility index (Phi) is 16.2. The lowest BCUT2D eigenvalue weighted by atomic mass is 10.1. The van der Waals surface area contributed by atoms with Crippen molar-refractivity contribution in [2.24, 2.45) is 0 Å². The predicted molar refractivity (Wildman–Crippen MR) is 122 cm³/mol. The van der Waals surface area contributed by atoms with Gasteiger partial charge in [-0.15, -0.1) is 0 Å².